The van der Waals surface area contributed by atoms with Gasteiger partial charge in [-0.2, -0.15) is 4.37 Å². The highest BCUT2D eigenvalue weighted by molar-refractivity contribution is 7.14. The Balaban J connectivity index is 1.41. The highest BCUT2D eigenvalue weighted by Crippen LogP contribution is 2.34. The summed E-state index contributed by atoms with van der Waals surface area (Å²) < 4.78 is 5.78. The molecule has 0 radical (unpaired) electrons. The highest BCUT2D eigenvalue weighted by Gasteiger charge is 2.23. The average Bonchev–Trinajstić information content (AvgIpc) is 3.20. The molecule has 0 saturated carbocycles. The summed E-state index contributed by atoms with van der Waals surface area (Å²) in [6.45, 7) is 8.21. The normalized spacial score (nSPS) is 14.6. The third-order valence-corrected chi connectivity index (χ3v) is 6.40. The maximum Gasteiger partial charge on any atom is 0.151 e. The number of piperazine rings is 1. The lowest BCUT2D eigenvalue weighted by atomic mass is 10.1. The van der Waals surface area contributed by atoms with E-state index < -0.39 is 0 Å². The van der Waals surface area contributed by atoms with Crippen LogP contribution in [-0.4, -0.2) is 40.5 Å². The number of rotatable bonds is 3. The molecule has 1 aliphatic heterocycles. The molecule has 1 saturated heterocycles. The van der Waals surface area contributed by atoms with E-state index in [0.29, 0.717) is 0 Å². The summed E-state index contributed by atoms with van der Waals surface area (Å²) in [4.78, 5) is 14.0. The molecule has 2 aromatic heterocycles. The lowest BCUT2D eigenvalue weighted by molar-refractivity contribution is 0.648. The minimum atomic E-state index is 0.943. The predicted octanol–water partition coefficient (Wildman–Crippen LogP) is 4.70. The van der Waals surface area contributed by atoms with Crippen LogP contribution < -0.4 is 9.80 Å². The van der Waals surface area contributed by atoms with Crippen LogP contribution in [-0.2, 0) is 0 Å². The zero-order valence-corrected chi connectivity index (χ0v) is 17.5. The number of hydrogen-bond acceptors (Lipinski definition) is 6. The number of hydrogen-bond donors (Lipinski definition) is 0. The Morgan fingerprint density at radius 1 is 0.862 bits per heavy atom. The molecule has 3 heterocycles. The summed E-state index contributed by atoms with van der Waals surface area (Å²) in [7, 11) is 0. The van der Waals surface area contributed by atoms with E-state index in [-0.39, 0.29) is 0 Å². The first kappa shape index (κ1) is 18.1. The van der Waals surface area contributed by atoms with Crippen molar-refractivity contribution in [3.63, 3.8) is 0 Å². The Labute approximate surface area is 174 Å². The summed E-state index contributed by atoms with van der Waals surface area (Å²) in [5.74, 6) is 1.01. The van der Waals surface area contributed by atoms with E-state index in [2.05, 4.69) is 63.9 Å². The Morgan fingerprint density at radius 2 is 1.62 bits per heavy atom. The van der Waals surface area contributed by atoms with Gasteiger partial charge in [0.1, 0.15) is 22.2 Å². The fraction of sp³-hybridized carbons (Fsp3) is 0.261. The molecule has 0 bridgehead atoms. The lowest BCUT2D eigenvalue weighted by Crippen LogP contribution is -2.47. The number of fused-ring (bicyclic) bond motifs is 1. The number of benzene rings is 2. The van der Waals surface area contributed by atoms with E-state index in [4.69, 9.17) is 4.37 Å². The van der Waals surface area contributed by atoms with E-state index in [0.717, 1.165) is 53.5 Å². The molecule has 5 rings (SSSR count). The lowest BCUT2D eigenvalue weighted by Gasteiger charge is -2.37. The van der Waals surface area contributed by atoms with Gasteiger partial charge < -0.3 is 9.80 Å². The molecule has 6 heteroatoms. The molecule has 2 aromatic carbocycles. The number of aromatic nitrogens is 3. The van der Waals surface area contributed by atoms with Gasteiger partial charge in [0, 0.05) is 37.4 Å². The highest BCUT2D eigenvalue weighted by atomic mass is 32.1. The van der Waals surface area contributed by atoms with Gasteiger partial charge in [0.05, 0.1) is 0 Å². The predicted molar refractivity (Wildman–Crippen MR) is 121 cm³/mol. The van der Waals surface area contributed by atoms with E-state index in [1.807, 2.05) is 18.2 Å². The SMILES string of the molecule is Cc1ccc(C)c(N2CCN(c3ncnc4c(-c5ccccc5)nsc34)CC2)c1. The molecule has 0 N–H and O–H groups in total. The Hall–Kier alpha value is -2.99. The first-order valence-electron chi connectivity index (χ1n) is 9.93. The summed E-state index contributed by atoms with van der Waals surface area (Å²) >= 11 is 1.50. The van der Waals surface area contributed by atoms with Crippen molar-refractivity contribution in [2.75, 3.05) is 36.0 Å². The van der Waals surface area contributed by atoms with Gasteiger partial charge in [-0.3, -0.25) is 0 Å². The van der Waals surface area contributed by atoms with Crippen molar-refractivity contribution in [1.82, 2.24) is 14.3 Å². The minimum Gasteiger partial charge on any atom is -0.368 e. The molecule has 1 aliphatic rings. The molecule has 29 heavy (non-hydrogen) atoms. The van der Waals surface area contributed by atoms with E-state index in [1.54, 1.807) is 6.33 Å². The minimum absolute atomic E-state index is 0.943. The first-order chi connectivity index (χ1) is 14.2. The van der Waals surface area contributed by atoms with Crippen molar-refractivity contribution >= 4 is 33.3 Å². The van der Waals surface area contributed by atoms with Crippen LogP contribution in [0.2, 0.25) is 0 Å². The van der Waals surface area contributed by atoms with Gasteiger partial charge in [-0.1, -0.05) is 42.5 Å². The summed E-state index contributed by atoms with van der Waals surface area (Å²) in [5.41, 5.74) is 6.99. The van der Waals surface area contributed by atoms with Crippen molar-refractivity contribution in [1.29, 1.82) is 0 Å². The zero-order chi connectivity index (χ0) is 19.8. The van der Waals surface area contributed by atoms with Crippen LogP contribution in [0, 0.1) is 13.8 Å². The smallest absolute Gasteiger partial charge is 0.151 e. The second-order valence-corrected chi connectivity index (χ2v) is 8.31. The monoisotopic (exact) mass is 401 g/mol. The number of nitrogens with zero attached hydrogens (tertiary/aromatic N) is 5. The Bertz CT molecular complexity index is 1150. The Morgan fingerprint density at radius 3 is 2.41 bits per heavy atom. The summed E-state index contributed by atoms with van der Waals surface area (Å²) in [5, 5.41) is 0. The van der Waals surface area contributed by atoms with Crippen LogP contribution in [0.25, 0.3) is 21.5 Å². The molecular weight excluding hydrogens is 378 g/mol. The van der Waals surface area contributed by atoms with Gasteiger partial charge in [0.2, 0.25) is 0 Å². The van der Waals surface area contributed by atoms with Crippen LogP contribution in [0.4, 0.5) is 11.5 Å². The topological polar surface area (TPSA) is 45.2 Å². The maximum absolute atomic E-state index is 4.71. The van der Waals surface area contributed by atoms with Gasteiger partial charge >= 0.3 is 0 Å². The van der Waals surface area contributed by atoms with Crippen LogP contribution in [0.1, 0.15) is 11.1 Å². The average molecular weight is 402 g/mol. The molecule has 0 aliphatic carbocycles. The van der Waals surface area contributed by atoms with Crippen molar-refractivity contribution in [2.45, 2.75) is 13.8 Å². The van der Waals surface area contributed by atoms with Gasteiger partial charge in [0.15, 0.2) is 5.82 Å². The van der Waals surface area contributed by atoms with Crippen LogP contribution in [0.5, 0.6) is 0 Å². The van der Waals surface area contributed by atoms with Crippen molar-refractivity contribution in [3.05, 3.63) is 66.0 Å². The molecule has 5 nitrogen and oxygen atoms in total. The molecule has 146 valence electrons. The van der Waals surface area contributed by atoms with E-state index >= 15 is 0 Å². The molecule has 0 unspecified atom stereocenters. The molecule has 4 aromatic rings. The quantitative estimate of drug-likeness (QED) is 0.498. The standard InChI is InChI=1S/C23H23N5S/c1-16-8-9-17(2)19(14-16)27-10-12-28(13-11-27)23-22-21(24-15-25-23)20(26-29-22)18-6-4-3-5-7-18/h3-9,14-15H,10-13H2,1-2H3. The van der Waals surface area contributed by atoms with Crippen molar-refractivity contribution in [3.8, 4) is 11.3 Å². The van der Waals surface area contributed by atoms with Crippen molar-refractivity contribution < 1.29 is 0 Å². The van der Waals surface area contributed by atoms with E-state index in [9.17, 15) is 0 Å². The maximum atomic E-state index is 4.71. The van der Waals surface area contributed by atoms with Crippen LogP contribution in [0.3, 0.4) is 0 Å². The molecule has 0 atom stereocenters. The largest absolute Gasteiger partial charge is 0.368 e. The number of anilines is 2. The second-order valence-electron chi connectivity index (χ2n) is 7.54. The van der Waals surface area contributed by atoms with Gasteiger partial charge in [-0.25, -0.2) is 9.97 Å². The summed E-state index contributed by atoms with van der Waals surface area (Å²) in [6, 6.07) is 17.0. The van der Waals surface area contributed by atoms with Gasteiger partial charge in [-0.05, 0) is 42.6 Å². The molecule has 0 amide bonds. The second kappa shape index (κ2) is 7.44. The first-order valence-corrected chi connectivity index (χ1v) is 10.7. The third-order valence-electron chi connectivity index (χ3n) is 5.57. The zero-order valence-electron chi connectivity index (χ0n) is 16.7. The van der Waals surface area contributed by atoms with Crippen molar-refractivity contribution in [2.24, 2.45) is 0 Å². The third kappa shape index (κ3) is 3.34. The Kier molecular flexibility index (Phi) is 4.64. The fourth-order valence-corrected chi connectivity index (χ4v) is 4.86. The fourth-order valence-electron chi connectivity index (χ4n) is 3.98. The number of aryl methyl sites for hydroxylation is 2. The molecule has 1 fully saturated rings. The molecular formula is C23H23N5S. The summed E-state index contributed by atoms with van der Waals surface area (Å²) in [6.07, 6.45) is 1.68. The van der Waals surface area contributed by atoms with Gasteiger partial charge in [0.25, 0.3) is 0 Å². The van der Waals surface area contributed by atoms with Gasteiger partial charge in [-0.15, -0.1) is 0 Å². The molecule has 0 spiro atoms. The van der Waals surface area contributed by atoms with Crippen LogP contribution in [0.15, 0.2) is 54.9 Å². The van der Waals surface area contributed by atoms with Crippen LogP contribution >= 0.6 is 11.5 Å². The van der Waals surface area contributed by atoms with E-state index in [1.165, 1.54) is 28.3 Å².